The third-order valence-electron chi connectivity index (χ3n) is 2.98. The summed E-state index contributed by atoms with van der Waals surface area (Å²) in [5.74, 6) is 1.18. The lowest BCUT2D eigenvalue weighted by Gasteiger charge is -2.11. The van der Waals surface area contributed by atoms with Crippen molar-refractivity contribution in [3.63, 3.8) is 0 Å². The van der Waals surface area contributed by atoms with Crippen molar-refractivity contribution in [2.24, 2.45) is 4.99 Å². The van der Waals surface area contributed by atoms with Gasteiger partial charge in [0.15, 0.2) is 9.84 Å². The number of para-hydroxylation sites is 1. The first-order chi connectivity index (χ1) is 9.13. The second kappa shape index (κ2) is 7.61. The van der Waals surface area contributed by atoms with Crippen LogP contribution in [0.5, 0.6) is 0 Å². The van der Waals surface area contributed by atoms with Gasteiger partial charge in [0, 0.05) is 0 Å². The van der Waals surface area contributed by atoms with E-state index in [0.29, 0.717) is 23.5 Å². The van der Waals surface area contributed by atoms with Gasteiger partial charge in [-0.2, -0.15) is 0 Å². The number of quaternary nitrogens is 1. The number of nitrogens with one attached hydrogen (secondary N) is 1. The van der Waals surface area contributed by atoms with Crippen molar-refractivity contribution in [1.29, 1.82) is 0 Å². The quantitative estimate of drug-likeness (QED) is 0.598. The van der Waals surface area contributed by atoms with Gasteiger partial charge in [0.25, 0.3) is 0 Å². The molecule has 1 heterocycles. The van der Waals surface area contributed by atoms with Crippen molar-refractivity contribution < 1.29 is 26.1 Å². The van der Waals surface area contributed by atoms with Gasteiger partial charge in [0.2, 0.25) is 5.84 Å². The van der Waals surface area contributed by atoms with Crippen LogP contribution in [0.3, 0.4) is 0 Å². The van der Waals surface area contributed by atoms with Gasteiger partial charge < -0.3 is 17.7 Å². The van der Waals surface area contributed by atoms with Gasteiger partial charge >= 0.3 is 0 Å². The number of halogens is 1. The summed E-state index contributed by atoms with van der Waals surface area (Å²) in [5.41, 5.74) is 0.666. The molecule has 0 saturated carbocycles. The molecule has 0 saturated heterocycles. The van der Waals surface area contributed by atoms with Crippen LogP contribution in [0.15, 0.2) is 34.2 Å². The lowest BCUT2D eigenvalue weighted by molar-refractivity contribution is -0.528. The first-order valence-corrected chi connectivity index (χ1v) is 8.21. The van der Waals surface area contributed by atoms with E-state index in [4.69, 9.17) is 0 Å². The molecule has 20 heavy (non-hydrogen) atoms. The summed E-state index contributed by atoms with van der Waals surface area (Å²) in [4.78, 5) is 4.71. The zero-order valence-corrected chi connectivity index (χ0v) is 13.0. The maximum atomic E-state index is 12.2. The van der Waals surface area contributed by atoms with Gasteiger partial charge in [0.1, 0.15) is 13.1 Å². The average Bonchev–Trinajstić information content (AvgIpc) is 2.90. The van der Waals surface area contributed by atoms with Crippen molar-refractivity contribution in [2.45, 2.75) is 18.2 Å². The van der Waals surface area contributed by atoms with Crippen LogP contribution in [-0.2, 0) is 9.84 Å². The van der Waals surface area contributed by atoms with E-state index in [0.717, 1.165) is 18.9 Å². The minimum Gasteiger partial charge on any atom is -1.00 e. The number of sulfone groups is 1. The number of nitrogens with zero attached hydrogens (tertiary/aromatic N) is 1. The normalized spacial score (nSPS) is 14.6. The van der Waals surface area contributed by atoms with Crippen molar-refractivity contribution in [1.82, 2.24) is 0 Å². The van der Waals surface area contributed by atoms with Crippen LogP contribution in [-0.4, -0.2) is 39.6 Å². The molecule has 1 aliphatic heterocycles. The highest BCUT2D eigenvalue weighted by Gasteiger charge is 2.18. The van der Waals surface area contributed by atoms with Gasteiger partial charge in [-0.25, -0.2) is 13.4 Å². The number of hydrogen-bond acceptors (Lipinski definition) is 4. The Balaban J connectivity index is 0.00000200. The molecule has 0 amide bonds. The van der Waals surface area contributed by atoms with E-state index in [1.54, 1.807) is 18.2 Å². The van der Waals surface area contributed by atoms with Gasteiger partial charge in [-0.05, 0) is 18.6 Å². The number of rotatable bonds is 6. The van der Waals surface area contributed by atoms with Crippen LogP contribution in [0.4, 0.5) is 5.69 Å². The molecule has 1 aromatic carbocycles. The van der Waals surface area contributed by atoms with Crippen LogP contribution in [0, 0.1) is 0 Å². The SMILES string of the molecule is CCCS(=O)(=O)c1ccccc1NCC1=NCC[NH2+]1.[Cl-]. The first-order valence-electron chi connectivity index (χ1n) is 6.55. The van der Waals surface area contributed by atoms with Crippen molar-refractivity contribution in [2.75, 3.05) is 30.7 Å². The maximum absolute atomic E-state index is 12.2. The van der Waals surface area contributed by atoms with E-state index in [2.05, 4.69) is 15.6 Å². The molecule has 112 valence electrons. The molecule has 1 aliphatic rings. The van der Waals surface area contributed by atoms with Crippen LogP contribution < -0.4 is 23.0 Å². The number of nitrogens with two attached hydrogens (primary N) is 1. The monoisotopic (exact) mass is 317 g/mol. The summed E-state index contributed by atoms with van der Waals surface area (Å²) in [5, 5.41) is 5.26. The van der Waals surface area contributed by atoms with Gasteiger partial charge in [-0.3, -0.25) is 5.32 Å². The smallest absolute Gasteiger partial charge is 0.214 e. The Labute approximate surface area is 126 Å². The van der Waals surface area contributed by atoms with Crippen molar-refractivity contribution in [3.05, 3.63) is 24.3 Å². The number of benzene rings is 1. The standard InChI is InChI=1S/C13H19N3O2S.ClH/c1-2-9-19(17,18)12-6-4-3-5-11(12)16-10-13-14-7-8-15-13;/h3-6,16H,2,7-10H2,1H3,(H,14,15);1H. The molecule has 7 heteroatoms. The largest absolute Gasteiger partial charge is 1.00 e. The average molecular weight is 318 g/mol. The van der Waals surface area contributed by atoms with Crippen LogP contribution in [0.2, 0.25) is 0 Å². The summed E-state index contributed by atoms with van der Waals surface area (Å²) >= 11 is 0. The van der Waals surface area contributed by atoms with E-state index < -0.39 is 9.84 Å². The molecule has 0 bridgehead atoms. The Morgan fingerprint density at radius 3 is 2.75 bits per heavy atom. The Morgan fingerprint density at radius 2 is 2.10 bits per heavy atom. The van der Waals surface area contributed by atoms with E-state index in [1.807, 2.05) is 13.0 Å². The fourth-order valence-corrected chi connectivity index (χ4v) is 3.60. The van der Waals surface area contributed by atoms with Crippen LogP contribution >= 0.6 is 0 Å². The topological polar surface area (TPSA) is 75.1 Å². The minimum absolute atomic E-state index is 0. The molecule has 0 aliphatic carbocycles. The lowest BCUT2D eigenvalue weighted by Crippen LogP contribution is -3.00. The van der Waals surface area contributed by atoms with Crippen LogP contribution in [0.25, 0.3) is 0 Å². The Hall–Kier alpha value is -1.11. The van der Waals surface area contributed by atoms with Gasteiger partial charge in [0.05, 0.1) is 22.9 Å². The molecule has 0 fully saturated rings. The Kier molecular flexibility index (Phi) is 6.45. The molecule has 3 N–H and O–H groups in total. The zero-order chi connectivity index (χ0) is 13.7. The molecule has 5 nitrogen and oxygen atoms in total. The number of anilines is 1. The highest BCUT2D eigenvalue weighted by molar-refractivity contribution is 7.91. The third kappa shape index (κ3) is 4.19. The molecular formula is C13H20ClN3O2S. The molecule has 0 radical (unpaired) electrons. The third-order valence-corrected chi connectivity index (χ3v) is 4.95. The molecule has 2 rings (SSSR count). The van der Waals surface area contributed by atoms with E-state index in [9.17, 15) is 8.42 Å². The summed E-state index contributed by atoms with van der Waals surface area (Å²) in [6.45, 7) is 4.27. The Bertz CT molecular complexity index is 573. The molecular weight excluding hydrogens is 298 g/mol. The second-order valence-corrected chi connectivity index (χ2v) is 6.61. The first kappa shape index (κ1) is 16.9. The number of hydrogen-bond donors (Lipinski definition) is 2. The highest BCUT2D eigenvalue weighted by Crippen LogP contribution is 2.22. The zero-order valence-electron chi connectivity index (χ0n) is 11.5. The lowest BCUT2D eigenvalue weighted by atomic mass is 10.3. The van der Waals surface area contributed by atoms with Gasteiger partial charge in [-0.1, -0.05) is 19.1 Å². The second-order valence-electron chi connectivity index (χ2n) is 4.53. The predicted molar refractivity (Wildman–Crippen MR) is 76.4 cm³/mol. The van der Waals surface area contributed by atoms with Gasteiger partial charge in [-0.15, -0.1) is 0 Å². The predicted octanol–water partition coefficient (Wildman–Crippen LogP) is -2.74. The molecule has 0 unspecified atom stereocenters. The minimum atomic E-state index is -3.20. The maximum Gasteiger partial charge on any atom is 0.214 e. The summed E-state index contributed by atoms with van der Waals surface area (Å²) < 4.78 is 24.3. The van der Waals surface area contributed by atoms with E-state index >= 15 is 0 Å². The highest BCUT2D eigenvalue weighted by atomic mass is 35.5. The molecule has 0 aromatic heterocycles. The molecule has 0 atom stereocenters. The number of amidine groups is 1. The van der Waals surface area contributed by atoms with Crippen molar-refractivity contribution in [3.8, 4) is 0 Å². The summed E-state index contributed by atoms with van der Waals surface area (Å²) in [6, 6.07) is 7.06. The van der Waals surface area contributed by atoms with E-state index in [1.165, 1.54) is 0 Å². The van der Waals surface area contributed by atoms with E-state index in [-0.39, 0.29) is 18.2 Å². The van der Waals surface area contributed by atoms with Crippen molar-refractivity contribution >= 4 is 21.4 Å². The molecule has 1 aromatic rings. The summed E-state index contributed by atoms with van der Waals surface area (Å²) in [6.07, 6.45) is 0.622. The van der Waals surface area contributed by atoms with Crippen LogP contribution in [0.1, 0.15) is 13.3 Å². The Morgan fingerprint density at radius 1 is 1.35 bits per heavy atom. The molecule has 0 spiro atoms. The fraction of sp³-hybridized carbons (Fsp3) is 0.462. The summed E-state index contributed by atoms with van der Waals surface area (Å²) in [7, 11) is -3.20. The number of aliphatic imine (C=N–C) groups is 1. The fourth-order valence-electron chi connectivity index (χ4n) is 2.08.